The Hall–Kier alpha value is 0.310. The minimum absolute atomic E-state index is 0.207. The van der Waals surface area contributed by atoms with Crippen molar-refractivity contribution in [1.82, 2.24) is 4.31 Å². The molecule has 2 heteroatoms. The molecule has 0 bridgehead atoms. The molecular weight excluding hydrogens is 142 g/mol. The molecule has 0 spiro atoms. The zero-order chi connectivity index (χ0) is 8.20. The minimum atomic E-state index is 0.207. The van der Waals surface area contributed by atoms with Crippen LogP contribution in [0.4, 0.5) is 0 Å². The highest BCUT2D eigenvalue weighted by atomic mass is 32.1. The van der Waals surface area contributed by atoms with Gasteiger partial charge in [0.1, 0.15) is 0 Å². The Bertz CT molecular complexity index is 85.7. The summed E-state index contributed by atoms with van der Waals surface area (Å²) in [4.78, 5) is 0. The molecule has 0 aliphatic heterocycles. The lowest BCUT2D eigenvalue weighted by molar-refractivity contribution is 0.274. The average Bonchev–Trinajstić information content (AvgIpc) is 1.80. The van der Waals surface area contributed by atoms with E-state index < -0.39 is 0 Å². The van der Waals surface area contributed by atoms with Crippen LogP contribution in [-0.4, -0.2) is 16.4 Å². The van der Waals surface area contributed by atoms with Gasteiger partial charge in [0.15, 0.2) is 0 Å². The molecule has 0 fully saturated rings. The fraction of sp³-hybridized carbons (Fsp3) is 1.00. The highest BCUT2D eigenvalue weighted by Gasteiger charge is 2.16. The number of rotatable bonds is 3. The maximum atomic E-state index is 4.38. The van der Waals surface area contributed by atoms with Gasteiger partial charge in [0, 0.05) is 12.1 Å². The molecule has 0 aliphatic carbocycles. The highest BCUT2D eigenvalue weighted by molar-refractivity contribution is 7.77. The third kappa shape index (κ3) is 4.18. The van der Waals surface area contributed by atoms with Crippen molar-refractivity contribution >= 4 is 12.8 Å². The van der Waals surface area contributed by atoms with E-state index in [0.717, 1.165) is 6.54 Å². The van der Waals surface area contributed by atoms with Crippen LogP contribution in [0.2, 0.25) is 0 Å². The summed E-state index contributed by atoms with van der Waals surface area (Å²) >= 11 is 4.38. The summed E-state index contributed by atoms with van der Waals surface area (Å²) in [6, 6.07) is 0. The van der Waals surface area contributed by atoms with Crippen LogP contribution in [0, 0.1) is 0 Å². The molecule has 0 aromatic carbocycles. The largest absolute Gasteiger partial charge is 0.248 e. The Labute approximate surface area is 70.3 Å². The van der Waals surface area contributed by atoms with Gasteiger partial charge in [-0.05, 0) is 27.2 Å². The Morgan fingerprint density at radius 2 is 1.80 bits per heavy atom. The zero-order valence-corrected chi connectivity index (χ0v) is 8.41. The number of nitrogens with zero attached hydrogens (tertiary/aromatic N) is 1. The second-order valence-corrected chi connectivity index (χ2v) is 4.13. The predicted octanol–water partition coefficient (Wildman–Crippen LogP) is 2.73. The van der Waals surface area contributed by atoms with Crippen LogP contribution in [0.5, 0.6) is 0 Å². The van der Waals surface area contributed by atoms with Gasteiger partial charge >= 0.3 is 0 Å². The Morgan fingerprint density at radius 1 is 1.30 bits per heavy atom. The lowest BCUT2D eigenvalue weighted by Gasteiger charge is -2.30. The van der Waals surface area contributed by atoms with Crippen LogP contribution in [0.25, 0.3) is 0 Å². The van der Waals surface area contributed by atoms with Crippen molar-refractivity contribution in [2.45, 2.75) is 46.1 Å². The summed E-state index contributed by atoms with van der Waals surface area (Å²) < 4.78 is 2.09. The Balaban J connectivity index is 3.52. The summed E-state index contributed by atoms with van der Waals surface area (Å²) in [5.74, 6) is 0. The molecule has 0 radical (unpaired) electrons. The second kappa shape index (κ2) is 4.24. The van der Waals surface area contributed by atoms with Crippen LogP contribution in [0.3, 0.4) is 0 Å². The van der Waals surface area contributed by atoms with E-state index in [-0.39, 0.29) is 5.54 Å². The zero-order valence-electron chi connectivity index (χ0n) is 7.52. The number of thiol groups is 1. The minimum Gasteiger partial charge on any atom is -0.248 e. The van der Waals surface area contributed by atoms with Crippen LogP contribution in [-0.2, 0) is 0 Å². The summed E-state index contributed by atoms with van der Waals surface area (Å²) in [6.07, 6.45) is 2.48. The molecule has 0 amide bonds. The number of unbranched alkanes of at least 4 members (excludes halogenated alkanes) is 1. The van der Waals surface area contributed by atoms with Crippen LogP contribution < -0.4 is 0 Å². The summed E-state index contributed by atoms with van der Waals surface area (Å²) in [5.41, 5.74) is 0.207. The average molecular weight is 161 g/mol. The number of hydrogen-bond donors (Lipinski definition) is 1. The van der Waals surface area contributed by atoms with E-state index in [1.54, 1.807) is 0 Å². The Kier molecular flexibility index (Phi) is 4.37. The van der Waals surface area contributed by atoms with Crippen molar-refractivity contribution in [1.29, 1.82) is 0 Å². The molecule has 10 heavy (non-hydrogen) atoms. The van der Waals surface area contributed by atoms with E-state index in [1.807, 2.05) is 0 Å². The van der Waals surface area contributed by atoms with Gasteiger partial charge in [0.25, 0.3) is 0 Å². The molecule has 0 rings (SSSR count). The van der Waals surface area contributed by atoms with Gasteiger partial charge in [-0.1, -0.05) is 26.2 Å². The Morgan fingerprint density at radius 3 is 2.10 bits per heavy atom. The van der Waals surface area contributed by atoms with Crippen LogP contribution in [0.15, 0.2) is 0 Å². The van der Waals surface area contributed by atoms with Gasteiger partial charge in [0.05, 0.1) is 0 Å². The van der Waals surface area contributed by atoms with Gasteiger partial charge < -0.3 is 0 Å². The first-order valence-electron chi connectivity index (χ1n) is 3.95. The SMILES string of the molecule is CCCCN(S)C(C)(C)C. The quantitative estimate of drug-likeness (QED) is 0.623. The van der Waals surface area contributed by atoms with Crippen molar-refractivity contribution in [2.24, 2.45) is 0 Å². The van der Waals surface area contributed by atoms with E-state index in [1.165, 1.54) is 12.8 Å². The van der Waals surface area contributed by atoms with Crippen molar-refractivity contribution in [2.75, 3.05) is 6.54 Å². The second-order valence-electron chi connectivity index (χ2n) is 3.65. The smallest absolute Gasteiger partial charge is 0.0226 e. The van der Waals surface area contributed by atoms with E-state index >= 15 is 0 Å². The molecular formula is C8H19NS. The fourth-order valence-corrected chi connectivity index (χ4v) is 0.785. The van der Waals surface area contributed by atoms with Crippen molar-refractivity contribution < 1.29 is 0 Å². The molecule has 0 N–H and O–H groups in total. The molecule has 0 saturated carbocycles. The first kappa shape index (κ1) is 10.3. The molecule has 62 valence electrons. The van der Waals surface area contributed by atoms with Gasteiger partial charge in [-0.15, -0.1) is 0 Å². The van der Waals surface area contributed by atoms with Crippen LogP contribution >= 0.6 is 12.8 Å². The first-order chi connectivity index (χ1) is 4.48. The van der Waals surface area contributed by atoms with E-state index in [0.29, 0.717) is 0 Å². The lowest BCUT2D eigenvalue weighted by Crippen LogP contribution is -2.34. The molecule has 1 nitrogen and oxygen atoms in total. The fourth-order valence-electron chi connectivity index (χ4n) is 0.643. The summed E-state index contributed by atoms with van der Waals surface area (Å²) in [7, 11) is 0. The van der Waals surface area contributed by atoms with Crippen molar-refractivity contribution in [3.63, 3.8) is 0 Å². The van der Waals surface area contributed by atoms with Gasteiger partial charge in [0.2, 0.25) is 0 Å². The number of hydrogen-bond acceptors (Lipinski definition) is 2. The molecule has 0 aromatic heterocycles. The van der Waals surface area contributed by atoms with Crippen molar-refractivity contribution in [3.05, 3.63) is 0 Å². The van der Waals surface area contributed by atoms with Crippen LogP contribution in [0.1, 0.15) is 40.5 Å². The first-order valence-corrected chi connectivity index (χ1v) is 4.35. The third-order valence-electron chi connectivity index (χ3n) is 1.50. The standard InChI is InChI=1S/C8H19NS/c1-5-6-7-9(10)8(2,3)4/h10H,5-7H2,1-4H3. The van der Waals surface area contributed by atoms with Gasteiger partial charge in [-0.25, -0.2) is 4.31 Å². The predicted molar refractivity (Wildman–Crippen MR) is 50.4 cm³/mol. The molecule has 0 aliphatic rings. The maximum Gasteiger partial charge on any atom is 0.0226 e. The van der Waals surface area contributed by atoms with Gasteiger partial charge in [-0.2, -0.15) is 0 Å². The third-order valence-corrected chi connectivity index (χ3v) is 2.30. The van der Waals surface area contributed by atoms with E-state index in [9.17, 15) is 0 Å². The molecule has 0 unspecified atom stereocenters. The topological polar surface area (TPSA) is 3.24 Å². The molecule has 0 atom stereocenters. The lowest BCUT2D eigenvalue weighted by atomic mass is 10.1. The summed E-state index contributed by atoms with van der Waals surface area (Å²) in [6.45, 7) is 9.81. The van der Waals surface area contributed by atoms with Gasteiger partial charge in [-0.3, -0.25) is 0 Å². The summed E-state index contributed by atoms with van der Waals surface area (Å²) in [5, 5.41) is 0. The molecule has 0 heterocycles. The maximum absolute atomic E-state index is 4.38. The normalized spacial score (nSPS) is 12.6. The van der Waals surface area contributed by atoms with E-state index in [4.69, 9.17) is 0 Å². The molecule has 0 aromatic rings. The molecule has 0 saturated heterocycles. The highest BCUT2D eigenvalue weighted by Crippen LogP contribution is 2.15. The van der Waals surface area contributed by atoms with Crippen molar-refractivity contribution in [3.8, 4) is 0 Å². The van der Waals surface area contributed by atoms with E-state index in [2.05, 4.69) is 44.8 Å². The monoisotopic (exact) mass is 161 g/mol.